The summed E-state index contributed by atoms with van der Waals surface area (Å²) in [7, 11) is 0. The summed E-state index contributed by atoms with van der Waals surface area (Å²) in [4.78, 5) is 18.1. The van der Waals surface area contributed by atoms with Gasteiger partial charge in [0.2, 0.25) is 0 Å². The summed E-state index contributed by atoms with van der Waals surface area (Å²) in [5, 5.41) is 0.402. The second kappa shape index (κ2) is 8.59. The third-order valence-electron chi connectivity index (χ3n) is 3.16. The Morgan fingerprint density at radius 3 is 2.84 bits per heavy atom. The van der Waals surface area contributed by atoms with Crippen molar-refractivity contribution in [2.75, 3.05) is 13.1 Å². The second-order valence-electron chi connectivity index (χ2n) is 4.24. The lowest BCUT2D eigenvalue weighted by Gasteiger charge is -2.35. The highest BCUT2D eigenvalue weighted by atomic mass is 35.5. The number of hydrogen-bond donors (Lipinski definition) is 1. The van der Waals surface area contributed by atoms with Crippen LogP contribution >= 0.6 is 36.4 Å². The van der Waals surface area contributed by atoms with Crippen molar-refractivity contribution in [2.45, 2.75) is 25.3 Å². The van der Waals surface area contributed by atoms with Crippen molar-refractivity contribution in [3.8, 4) is 0 Å². The smallest absolute Gasteiger partial charge is 0.255 e. The molecule has 1 fully saturated rings. The molecule has 2 N–H and O–H groups in total. The lowest BCUT2D eigenvalue weighted by molar-refractivity contribution is 0.0623. The van der Waals surface area contributed by atoms with Crippen LogP contribution < -0.4 is 5.73 Å². The first-order valence-electron chi connectivity index (χ1n) is 5.84. The average Bonchev–Trinajstić information content (AvgIpc) is 2.38. The molecule has 1 saturated heterocycles. The average molecular weight is 327 g/mol. The number of carbonyl (C=O) groups excluding carboxylic acids is 1. The SMILES string of the molecule is Cl.Cl.NCC1CCCCN1C(=O)c1ccncc1Cl. The number of hydrogen-bond acceptors (Lipinski definition) is 3. The topological polar surface area (TPSA) is 59.2 Å². The van der Waals surface area contributed by atoms with E-state index >= 15 is 0 Å². The number of pyridine rings is 1. The zero-order valence-electron chi connectivity index (χ0n) is 10.4. The lowest BCUT2D eigenvalue weighted by Crippen LogP contribution is -2.47. The fourth-order valence-corrected chi connectivity index (χ4v) is 2.42. The summed E-state index contributed by atoms with van der Waals surface area (Å²) in [6.07, 6.45) is 6.22. The Labute approximate surface area is 130 Å². The largest absolute Gasteiger partial charge is 0.334 e. The molecule has 108 valence electrons. The Bertz CT molecular complexity index is 417. The van der Waals surface area contributed by atoms with E-state index in [1.807, 2.05) is 4.90 Å². The molecule has 7 heteroatoms. The second-order valence-corrected chi connectivity index (χ2v) is 4.65. The van der Waals surface area contributed by atoms with Crippen molar-refractivity contribution < 1.29 is 4.79 Å². The van der Waals surface area contributed by atoms with E-state index in [9.17, 15) is 4.79 Å². The molecule has 0 aliphatic carbocycles. The third-order valence-corrected chi connectivity index (χ3v) is 3.46. The van der Waals surface area contributed by atoms with Crippen molar-refractivity contribution in [3.63, 3.8) is 0 Å². The molecule has 0 saturated carbocycles. The highest BCUT2D eigenvalue weighted by Crippen LogP contribution is 2.22. The fourth-order valence-electron chi connectivity index (χ4n) is 2.22. The molecule has 1 atom stereocenters. The van der Waals surface area contributed by atoms with E-state index in [0.717, 1.165) is 25.8 Å². The Morgan fingerprint density at radius 1 is 1.47 bits per heavy atom. The molecule has 1 unspecified atom stereocenters. The number of nitrogens with zero attached hydrogens (tertiary/aromatic N) is 2. The van der Waals surface area contributed by atoms with E-state index < -0.39 is 0 Å². The number of rotatable bonds is 2. The summed E-state index contributed by atoms with van der Waals surface area (Å²) in [6.45, 7) is 1.27. The first kappa shape index (κ1) is 18.4. The molecule has 0 aromatic carbocycles. The maximum atomic E-state index is 12.3. The number of piperidine rings is 1. The van der Waals surface area contributed by atoms with Crippen molar-refractivity contribution in [3.05, 3.63) is 29.0 Å². The predicted octanol–water partition coefficient (Wildman–Crippen LogP) is 2.53. The quantitative estimate of drug-likeness (QED) is 0.908. The summed E-state index contributed by atoms with van der Waals surface area (Å²) in [5.74, 6) is -0.0347. The van der Waals surface area contributed by atoms with Crippen LogP contribution in [0.3, 0.4) is 0 Å². The minimum Gasteiger partial charge on any atom is -0.334 e. The van der Waals surface area contributed by atoms with E-state index in [0.29, 0.717) is 17.1 Å². The Kier molecular flexibility index (Phi) is 8.34. The van der Waals surface area contributed by atoms with Crippen molar-refractivity contribution in [2.24, 2.45) is 5.73 Å². The van der Waals surface area contributed by atoms with Gasteiger partial charge in [-0.05, 0) is 25.3 Å². The van der Waals surface area contributed by atoms with Gasteiger partial charge in [-0.1, -0.05) is 11.6 Å². The van der Waals surface area contributed by atoms with Gasteiger partial charge in [-0.25, -0.2) is 0 Å². The standard InChI is InChI=1S/C12H16ClN3O.2ClH/c13-11-8-15-5-4-10(11)12(17)16-6-2-1-3-9(16)7-14;;/h4-5,8-9H,1-3,6-7,14H2;2*1H. The van der Waals surface area contributed by atoms with Crippen molar-refractivity contribution in [1.82, 2.24) is 9.88 Å². The number of aromatic nitrogens is 1. The minimum absolute atomic E-state index is 0. The van der Waals surface area contributed by atoms with E-state index in [4.69, 9.17) is 17.3 Å². The van der Waals surface area contributed by atoms with Gasteiger partial charge >= 0.3 is 0 Å². The van der Waals surface area contributed by atoms with Crippen LogP contribution in [0.15, 0.2) is 18.5 Å². The maximum Gasteiger partial charge on any atom is 0.255 e. The highest BCUT2D eigenvalue weighted by molar-refractivity contribution is 6.33. The molecule has 1 aliphatic rings. The molecule has 1 amide bonds. The normalized spacial score (nSPS) is 18.2. The van der Waals surface area contributed by atoms with Crippen LogP contribution in [0.25, 0.3) is 0 Å². The fraction of sp³-hybridized carbons (Fsp3) is 0.500. The summed E-state index contributed by atoms with van der Waals surface area (Å²) in [6, 6.07) is 1.80. The zero-order chi connectivity index (χ0) is 12.3. The molecule has 19 heavy (non-hydrogen) atoms. The van der Waals surface area contributed by atoms with Crippen LogP contribution in [0.4, 0.5) is 0 Å². The lowest BCUT2D eigenvalue weighted by atomic mass is 10.0. The molecule has 1 aromatic heterocycles. The molecule has 0 radical (unpaired) electrons. The molecular weight excluding hydrogens is 309 g/mol. The van der Waals surface area contributed by atoms with Gasteiger partial charge in [0.05, 0.1) is 10.6 Å². The monoisotopic (exact) mass is 325 g/mol. The van der Waals surface area contributed by atoms with E-state index in [1.165, 1.54) is 6.20 Å². The summed E-state index contributed by atoms with van der Waals surface area (Å²) >= 11 is 5.99. The molecule has 0 spiro atoms. The van der Waals surface area contributed by atoms with Crippen LogP contribution in [-0.2, 0) is 0 Å². The molecule has 4 nitrogen and oxygen atoms in total. The van der Waals surface area contributed by atoms with Crippen LogP contribution in [-0.4, -0.2) is 34.9 Å². The van der Waals surface area contributed by atoms with Gasteiger partial charge in [0.1, 0.15) is 0 Å². The van der Waals surface area contributed by atoms with Crippen LogP contribution in [0.5, 0.6) is 0 Å². The van der Waals surface area contributed by atoms with Gasteiger partial charge in [-0.2, -0.15) is 0 Å². The van der Waals surface area contributed by atoms with Gasteiger partial charge in [0.25, 0.3) is 5.91 Å². The predicted molar refractivity (Wildman–Crippen MR) is 81.5 cm³/mol. The number of carbonyl (C=O) groups is 1. The maximum absolute atomic E-state index is 12.3. The first-order chi connectivity index (χ1) is 8.24. The third kappa shape index (κ3) is 4.21. The molecular formula is C12H18Cl3N3O. The van der Waals surface area contributed by atoms with Crippen LogP contribution in [0.1, 0.15) is 29.6 Å². The molecule has 0 bridgehead atoms. The highest BCUT2D eigenvalue weighted by Gasteiger charge is 2.27. The number of likely N-dealkylation sites (tertiary alicyclic amines) is 1. The molecule has 1 aliphatic heterocycles. The van der Waals surface area contributed by atoms with Gasteiger partial charge < -0.3 is 10.6 Å². The van der Waals surface area contributed by atoms with Crippen molar-refractivity contribution >= 4 is 42.3 Å². The van der Waals surface area contributed by atoms with E-state index in [1.54, 1.807) is 12.3 Å². The zero-order valence-corrected chi connectivity index (χ0v) is 12.8. The van der Waals surface area contributed by atoms with Gasteiger partial charge in [-0.3, -0.25) is 9.78 Å². The minimum atomic E-state index is -0.0347. The molecule has 2 rings (SSSR count). The number of amides is 1. The van der Waals surface area contributed by atoms with Gasteiger partial charge in [-0.15, -0.1) is 24.8 Å². The van der Waals surface area contributed by atoms with E-state index in [2.05, 4.69) is 4.98 Å². The first-order valence-corrected chi connectivity index (χ1v) is 6.22. The summed E-state index contributed by atoms with van der Waals surface area (Å²) < 4.78 is 0. The Balaban J connectivity index is 0.00000162. The summed E-state index contributed by atoms with van der Waals surface area (Å²) in [5.41, 5.74) is 6.22. The Morgan fingerprint density at radius 2 is 2.21 bits per heavy atom. The Hall–Kier alpha value is -0.550. The number of nitrogens with two attached hydrogens (primary N) is 1. The number of halogens is 3. The van der Waals surface area contributed by atoms with Gasteiger partial charge in [0.15, 0.2) is 0 Å². The molecule has 1 aromatic rings. The van der Waals surface area contributed by atoms with Crippen LogP contribution in [0.2, 0.25) is 5.02 Å². The van der Waals surface area contributed by atoms with Crippen LogP contribution in [0, 0.1) is 0 Å². The molecule has 2 heterocycles. The van der Waals surface area contributed by atoms with E-state index in [-0.39, 0.29) is 36.8 Å². The van der Waals surface area contributed by atoms with Gasteiger partial charge in [0, 0.05) is 31.5 Å². The van der Waals surface area contributed by atoms with Crippen molar-refractivity contribution in [1.29, 1.82) is 0 Å².